The fraction of sp³-hybridized carbons (Fsp3) is 0.500. The summed E-state index contributed by atoms with van der Waals surface area (Å²) in [5, 5.41) is 23.4. The van der Waals surface area contributed by atoms with Crippen molar-refractivity contribution in [1.82, 2.24) is 5.32 Å². The molecule has 0 radical (unpaired) electrons. The van der Waals surface area contributed by atoms with E-state index < -0.39 is 22.3 Å². The van der Waals surface area contributed by atoms with Crippen molar-refractivity contribution in [2.24, 2.45) is 5.92 Å². The summed E-state index contributed by atoms with van der Waals surface area (Å²) in [6.07, 6.45) is 4.52. The summed E-state index contributed by atoms with van der Waals surface area (Å²) in [6.45, 7) is 1.93. The molecule has 2 rings (SSSR count). The molecule has 1 aromatic rings. The van der Waals surface area contributed by atoms with Gasteiger partial charge in [0.05, 0.1) is 10.5 Å². The number of nitro benzene ring substituents is 1. The molecule has 108 valence electrons. The maximum absolute atomic E-state index is 12.1. The molecule has 0 saturated heterocycles. The number of nitrogens with one attached hydrogen (secondary N) is 1. The Kier molecular flexibility index (Phi) is 4.22. The quantitative estimate of drug-likeness (QED) is 0.654. The SMILES string of the molecule is CC(NC(=O)c1cccc([N+](=O)[O-])c1O)C1CCCC1. The molecule has 2 N–H and O–H groups in total. The first-order valence-corrected chi connectivity index (χ1v) is 6.78. The molecule has 20 heavy (non-hydrogen) atoms. The number of hydrogen-bond acceptors (Lipinski definition) is 4. The summed E-state index contributed by atoms with van der Waals surface area (Å²) in [6, 6.07) is 3.96. The van der Waals surface area contributed by atoms with Crippen molar-refractivity contribution in [3.63, 3.8) is 0 Å². The van der Waals surface area contributed by atoms with Crippen LogP contribution in [0.15, 0.2) is 18.2 Å². The van der Waals surface area contributed by atoms with Gasteiger partial charge in [0.25, 0.3) is 5.91 Å². The molecule has 1 unspecified atom stereocenters. The van der Waals surface area contributed by atoms with Crippen molar-refractivity contribution in [2.45, 2.75) is 38.6 Å². The second-order valence-corrected chi connectivity index (χ2v) is 5.24. The lowest BCUT2D eigenvalue weighted by Gasteiger charge is -2.20. The van der Waals surface area contributed by atoms with Crippen LogP contribution in [0, 0.1) is 16.0 Å². The summed E-state index contributed by atoms with van der Waals surface area (Å²) >= 11 is 0. The van der Waals surface area contributed by atoms with E-state index in [1.54, 1.807) is 0 Å². The molecule has 1 atom stereocenters. The summed E-state index contributed by atoms with van der Waals surface area (Å²) in [7, 11) is 0. The van der Waals surface area contributed by atoms with Gasteiger partial charge in [0.2, 0.25) is 5.75 Å². The molecule has 0 spiro atoms. The van der Waals surface area contributed by atoms with Gasteiger partial charge in [-0.15, -0.1) is 0 Å². The van der Waals surface area contributed by atoms with Gasteiger partial charge in [-0.25, -0.2) is 0 Å². The average molecular weight is 278 g/mol. The fourth-order valence-electron chi connectivity index (χ4n) is 2.72. The minimum Gasteiger partial charge on any atom is -0.502 e. The van der Waals surface area contributed by atoms with E-state index in [-0.39, 0.29) is 11.6 Å². The molecule has 1 aliphatic rings. The van der Waals surface area contributed by atoms with E-state index in [9.17, 15) is 20.0 Å². The third kappa shape index (κ3) is 2.89. The van der Waals surface area contributed by atoms with Crippen LogP contribution in [0.3, 0.4) is 0 Å². The van der Waals surface area contributed by atoms with Gasteiger partial charge in [0.1, 0.15) is 0 Å². The van der Waals surface area contributed by atoms with E-state index in [0.29, 0.717) is 5.92 Å². The number of hydrogen-bond donors (Lipinski definition) is 2. The second kappa shape index (κ2) is 5.90. The predicted molar refractivity (Wildman–Crippen MR) is 73.6 cm³/mol. The third-order valence-electron chi connectivity index (χ3n) is 3.92. The molecular weight excluding hydrogens is 260 g/mol. The number of carbonyl (C=O) groups is 1. The molecule has 0 aliphatic heterocycles. The van der Waals surface area contributed by atoms with Crippen LogP contribution >= 0.6 is 0 Å². The molecule has 1 aliphatic carbocycles. The number of nitrogens with zero attached hydrogens (tertiary/aromatic N) is 1. The standard InChI is InChI=1S/C14H18N2O4/c1-9(10-5-2-3-6-10)15-14(18)11-7-4-8-12(13(11)17)16(19)20/h4,7-10,17H,2-3,5-6H2,1H3,(H,15,18). The Morgan fingerprint density at radius 2 is 2.10 bits per heavy atom. The smallest absolute Gasteiger partial charge is 0.311 e. The van der Waals surface area contributed by atoms with Gasteiger partial charge in [-0.2, -0.15) is 0 Å². The maximum atomic E-state index is 12.1. The highest BCUT2D eigenvalue weighted by molar-refractivity contribution is 5.98. The number of aromatic hydroxyl groups is 1. The third-order valence-corrected chi connectivity index (χ3v) is 3.92. The number of phenols is 1. The van der Waals surface area contributed by atoms with Crippen LogP contribution in [0.5, 0.6) is 5.75 Å². The fourth-order valence-corrected chi connectivity index (χ4v) is 2.72. The number of amides is 1. The minimum absolute atomic E-state index is 0.00339. The number of benzene rings is 1. The first-order valence-electron chi connectivity index (χ1n) is 6.78. The van der Waals surface area contributed by atoms with Crippen LogP contribution < -0.4 is 5.32 Å². The Labute approximate surface area is 117 Å². The van der Waals surface area contributed by atoms with Crippen molar-refractivity contribution in [3.05, 3.63) is 33.9 Å². The number of nitro groups is 1. The van der Waals surface area contributed by atoms with E-state index in [1.165, 1.54) is 31.0 Å². The largest absolute Gasteiger partial charge is 0.502 e. The monoisotopic (exact) mass is 278 g/mol. The average Bonchev–Trinajstić information content (AvgIpc) is 2.92. The normalized spacial score (nSPS) is 16.9. The molecule has 0 bridgehead atoms. The molecule has 0 heterocycles. The van der Waals surface area contributed by atoms with Gasteiger partial charge in [0, 0.05) is 12.1 Å². The zero-order valence-corrected chi connectivity index (χ0v) is 11.3. The Bertz CT molecular complexity index is 524. The molecule has 1 saturated carbocycles. The second-order valence-electron chi connectivity index (χ2n) is 5.24. The van der Waals surface area contributed by atoms with Gasteiger partial charge >= 0.3 is 5.69 Å². The minimum atomic E-state index is -0.702. The number of phenolic OH excluding ortho intramolecular Hbond substituents is 1. The van der Waals surface area contributed by atoms with E-state index >= 15 is 0 Å². The van der Waals surface area contributed by atoms with Gasteiger partial charge in [0.15, 0.2) is 0 Å². The lowest BCUT2D eigenvalue weighted by molar-refractivity contribution is -0.385. The predicted octanol–water partition coefficient (Wildman–Crippen LogP) is 2.61. The Balaban J connectivity index is 2.13. The van der Waals surface area contributed by atoms with Gasteiger partial charge in [-0.1, -0.05) is 18.9 Å². The van der Waals surface area contributed by atoms with Crippen molar-refractivity contribution in [3.8, 4) is 5.75 Å². The summed E-state index contributed by atoms with van der Waals surface area (Å²) in [5.74, 6) is -0.598. The van der Waals surface area contributed by atoms with Crippen molar-refractivity contribution >= 4 is 11.6 Å². The number of para-hydroxylation sites is 1. The Hall–Kier alpha value is -2.11. The lowest BCUT2D eigenvalue weighted by atomic mass is 9.99. The van der Waals surface area contributed by atoms with Crippen molar-refractivity contribution in [2.75, 3.05) is 0 Å². The van der Waals surface area contributed by atoms with Gasteiger partial charge in [-0.3, -0.25) is 14.9 Å². The van der Waals surface area contributed by atoms with Crippen LogP contribution in [0.1, 0.15) is 43.0 Å². The topological polar surface area (TPSA) is 92.5 Å². The van der Waals surface area contributed by atoms with E-state index in [4.69, 9.17) is 0 Å². The lowest BCUT2D eigenvalue weighted by Crippen LogP contribution is -2.37. The molecule has 0 aromatic heterocycles. The van der Waals surface area contributed by atoms with Gasteiger partial charge in [-0.05, 0) is 31.7 Å². The van der Waals surface area contributed by atoms with Gasteiger partial charge < -0.3 is 10.4 Å². The van der Waals surface area contributed by atoms with Crippen molar-refractivity contribution < 1.29 is 14.8 Å². The molecular formula is C14H18N2O4. The van der Waals surface area contributed by atoms with Crippen LogP contribution in [0.25, 0.3) is 0 Å². The first kappa shape index (κ1) is 14.3. The highest BCUT2D eigenvalue weighted by Crippen LogP contribution is 2.30. The van der Waals surface area contributed by atoms with E-state index in [0.717, 1.165) is 12.8 Å². The molecule has 1 aromatic carbocycles. The summed E-state index contributed by atoms with van der Waals surface area (Å²) in [5.41, 5.74) is -0.504. The number of carbonyl (C=O) groups excluding carboxylic acids is 1. The summed E-state index contributed by atoms with van der Waals surface area (Å²) < 4.78 is 0. The zero-order valence-electron chi connectivity index (χ0n) is 11.3. The highest BCUT2D eigenvalue weighted by Gasteiger charge is 2.26. The Morgan fingerprint density at radius 1 is 1.45 bits per heavy atom. The van der Waals surface area contributed by atoms with Crippen LogP contribution in [0.2, 0.25) is 0 Å². The van der Waals surface area contributed by atoms with Crippen LogP contribution in [-0.4, -0.2) is 22.0 Å². The Morgan fingerprint density at radius 3 is 2.70 bits per heavy atom. The van der Waals surface area contributed by atoms with Crippen molar-refractivity contribution in [1.29, 1.82) is 0 Å². The highest BCUT2D eigenvalue weighted by atomic mass is 16.6. The summed E-state index contributed by atoms with van der Waals surface area (Å²) in [4.78, 5) is 22.2. The maximum Gasteiger partial charge on any atom is 0.311 e. The zero-order chi connectivity index (χ0) is 14.7. The first-order chi connectivity index (χ1) is 9.50. The molecule has 6 nitrogen and oxygen atoms in total. The van der Waals surface area contributed by atoms with E-state index in [1.807, 2.05) is 6.92 Å². The molecule has 1 fully saturated rings. The van der Waals surface area contributed by atoms with Crippen LogP contribution in [0.4, 0.5) is 5.69 Å². The van der Waals surface area contributed by atoms with Crippen LogP contribution in [-0.2, 0) is 0 Å². The molecule has 1 amide bonds. The van der Waals surface area contributed by atoms with E-state index in [2.05, 4.69) is 5.32 Å². The molecule has 6 heteroatoms. The number of rotatable bonds is 4.